The third kappa shape index (κ3) is 4.92. The van der Waals surface area contributed by atoms with Crippen LogP contribution in [0.2, 0.25) is 0 Å². The maximum Gasteiger partial charge on any atom is 0.272 e. The van der Waals surface area contributed by atoms with Crippen molar-refractivity contribution in [2.45, 2.75) is 59.4 Å². The largest absolute Gasteiger partial charge is 0.348 e. The third-order valence-corrected chi connectivity index (χ3v) is 3.60. The average molecular weight is 291 g/mol. The molecule has 0 atom stereocenters. The Balaban J connectivity index is 0.00000106. The number of carbonyl (C=O) groups is 2. The van der Waals surface area contributed by atoms with Crippen LogP contribution in [0.3, 0.4) is 0 Å². The lowest BCUT2D eigenvalue weighted by atomic mass is 9.87. The predicted molar refractivity (Wildman–Crippen MR) is 82.3 cm³/mol. The monoisotopic (exact) mass is 291 g/mol. The molecule has 1 aromatic heterocycles. The summed E-state index contributed by atoms with van der Waals surface area (Å²) in [6, 6.07) is 0.186. The van der Waals surface area contributed by atoms with Crippen LogP contribution in [0.4, 0.5) is 0 Å². The van der Waals surface area contributed by atoms with Crippen LogP contribution in [-0.2, 0) is 0 Å². The van der Waals surface area contributed by atoms with Gasteiger partial charge in [-0.25, -0.2) is 9.97 Å². The Bertz CT molecular complexity index is 480. The molecule has 0 aliphatic heterocycles. The van der Waals surface area contributed by atoms with Crippen LogP contribution < -0.4 is 5.32 Å². The fraction of sp³-hybridized carbons (Fsp3) is 0.625. The molecule has 0 radical (unpaired) electrons. The van der Waals surface area contributed by atoms with Crippen LogP contribution in [0.15, 0.2) is 12.4 Å². The minimum atomic E-state index is -0.294. The van der Waals surface area contributed by atoms with Gasteiger partial charge in [0.15, 0.2) is 11.5 Å². The molecule has 1 aliphatic carbocycles. The molecule has 1 aromatic rings. The van der Waals surface area contributed by atoms with Crippen LogP contribution in [-0.4, -0.2) is 27.7 Å². The van der Waals surface area contributed by atoms with Crippen molar-refractivity contribution < 1.29 is 9.59 Å². The van der Waals surface area contributed by atoms with Crippen LogP contribution in [0, 0.1) is 5.92 Å². The van der Waals surface area contributed by atoms with E-state index in [0.717, 1.165) is 31.6 Å². The van der Waals surface area contributed by atoms with E-state index in [0.29, 0.717) is 0 Å². The molecule has 1 N–H and O–H groups in total. The Morgan fingerprint density at radius 3 is 2.10 bits per heavy atom. The summed E-state index contributed by atoms with van der Waals surface area (Å²) in [5.41, 5.74) is 0.276. The van der Waals surface area contributed by atoms with E-state index in [1.807, 2.05) is 13.8 Å². The highest BCUT2D eigenvalue weighted by Crippen LogP contribution is 2.23. The van der Waals surface area contributed by atoms with E-state index in [1.54, 1.807) is 0 Å². The SMILES string of the molecule is CC.CC(=O)c1nccnc1C(=O)NC1CCC(C)CC1. The lowest BCUT2D eigenvalue weighted by Gasteiger charge is -2.26. The second-order valence-corrected chi connectivity index (χ2v) is 5.24. The zero-order valence-electron chi connectivity index (χ0n) is 13.3. The fourth-order valence-electron chi connectivity index (χ4n) is 2.42. The Labute approximate surface area is 126 Å². The molecule has 1 heterocycles. The van der Waals surface area contributed by atoms with Gasteiger partial charge in [0.05, 0.1) is 0 Å². The number of nitrogens with one attached hydrogen (secondary N) is 1. The van der Waals surface area contributed by atoms with E-state index < -0.39 is 0 Å². The summed E-state index contributed by atoms with van der Waals surface area (Å²) < 4.78 is 0. The highest BCUT2D eigenvalue weighted by Gasteiger charge is 2.23. The van der Waals surface area contributed by atoms with Crippen molar-refractivity contribution in [2.75, 3.05) is 0 Å². The number of nitrogens with zero attached hydrogens (tertiary/aromatic N) is 2. The van der Waals surface area contributed by atoms with Gasteiger partial charge in [0.2, 0.25) is 0 Å². The Kier molecular flexibility index (Phi) is 6.99. The van der Waals surface area contributed by atoms with Crippen LogP contribution in [0.25, 0.3) is 0 Å². The van der Waals surface area contributed by atoms with E-state index in [2.05, 4.69) is 22.2 Å². The van der Waals surface area contributed by atoms with Crippen molar-refractivity contribution in [1.29, 1.82) is 0 Å². The van der Waals surface area contributed by atoms with Crippen LogP contribution in [0.5, 0.6) is 0 Å². The third-order valence-electron chi connectivity index (χ3n) is 3.60. The summed E-state index contributed by atoms with van der Waals surface area (Å²) in [6.45, 7) is 7.62. The topological polar surface area (TPSA) is 72.0 Å². The molecule has 0 bridgehead atoms. The second-order valence-electron chi connectivity index (χ2n) is 5.24. The molecule has 0 saturated heterocycles. The molecule has 1 fully saturated rings. The number of ketones is 1. The van der Waals surface area contributed by atoms with Crippen molar-refractivity contribution in [3.63, 3.8) is 0 Å². The number of hydrogen-bond donors (Lipinski definition) is 1. The van der Waals surface area contributed by atoms with Gasteiger partial charge in [-0.1, -0.05) is 20.8 Å². The quantitative estimate of drug-likeness (QED) is 0.869. The minimum Gasteiger partial charge on any atom is -0.348 e. The molecule has 2 rings (SSSR count). The summed E-state index contributed by atoms with van der Waals surface area (Å²) >= 11 is 0. The predicted octanol–water partition coefficient (Wildman–Crippen LogP) is 3.01. The molecular formula is C16H25N3O2. The number of aromatic nitrogens is 2. The van der Waals surface area contributed by atoms with Gasteiger partial charge in [-0.15, -0.1) is 0 Å². The van der Waals surface area contributed by atoms with E-state index in [9.17, 15) is 9.59 Å². The smallest absolute Gasteiger partial charge is 0.272 e. The summed E-state index contributed by atoms with van der Waals surface area (Å²) in [5.74, 6) is 0.200. The first kappa shape index (κ1) is 17.3. The maximum absolute atomic E-state index is 12.2. The van der Waals surface area contributed by atoms with Gasteiger partial charge in [-0.3, -0.25) is 9.59 Å². The Morgan fingerprint density at radius 2 is 1.57 bits per heavy atom. The molecular weight excluding hydrogens is 266 g/mol. The van der Waals surface area contributed by atoms with E-state index in [-0.39, 0.29) is 29.1 Å². The molecule has 0 unspecified atom stereocenters. The highest BCUT2D eigenvalue weighted by atomic mass is 16.2. The number of carbonyl (C=O) groups excluding carboxylic acids is 2. The van der Waals surface area contributed by atoms with Gasteiger partial charge in [-0.2, -0.15) is 0 Å². The number of amides is 1. The summed E-state index contributed by atoms with van der Waals surface area (Å²) in [4.78, 5) is 31.5. The number of hydrogen-bond acceptors (Lipinski definition) is 4. The second kappa shape index (κ2) is 8.49. The van der Waals surface area contributed by atoms with Crippen molar-refractivity contribution in [3.05, 3.63) is 23.8 Å². The van der Waals surface area contributed by atoms with Gasteiger partial charge in [0.1, 0.15) is 5.69 Å². The molecule has 1 saturated carbocycles. The Hall–Kier alpha value is -1.78. The minimum absolute atomic E-state index is 0.133. The van der Waals surface area contributed by atoms with Crippen LogP contribution in [0.1, 0.15) is 74.4 Å². The first-order chi connectivity index (χ1) is 10.1. The maximum atomic E-state index is 12.2. The standard InChI is InChI=1S/C14H19N3O2.C2H6/c1-9-3-5-11(6-4-9)17-14(19)13-12(10(2)18)15-7-8-16-13;1-2/h7-9,11H,3-6H2,1-2H3,(H,17,19);1-2H3. The fourth-order valence-corrected chi connectivity index (χ4v) is 2.42. The number of Topliss-reactive ketones (excluding diaryl/α,β-unsaturated/α-hetero) is 1. The molecule has 5 heteroatoms. The summed E-state index contributed by atoms with van der Waals surface area (Å²) in [6.07, 6.45) is 7.10. The van der Waals surface area contributed by atoms with E-state index in [4.69, 9.17) is 0 Å². The molecule has 0 aromatic carbocycles. The molecule has 0 spiro atoms. The van der Waals surface area contributed by atoms with Crippen molar-refractivity contribution in [2.24, 2.45) is 5.92 Å². The first-order valence-corrected chi connectivity index (χ1v) is 7.70. The first-order valence-electron chi connectivity index (χ1n) is 7.70. The van der Waals surface area contributed by atoms with E-state index in [1.165, 1.54) is 19.3 Å². The summed E-state index contributed by atoms with van der Waals surface area (Å²) in [7, 11) is 0. The lowest BCUT2D eigenvalue weighted by Crippen LogP contribution is -2.38. The molecule has 1 amide bonds. The molecule has 1 aliphatic rings. The van der Waals surface area contributed by atoms with Crippen LogP contribution >= 0.6 is 0 Å². The van der Waals surface area contributed by atoms with Gasteiger partial charge in [0.25, 0.3) is 5.91 Å². The number of rotatable bonds is 3. The van der Waals surface area contributed by atoms with Gasteiger partial charge in [-0.05, 0) is 31.6 Å². The summed E-state index contributed by atoms with van der Waals surface area (Å²) in [5, 5.41) is 2.96. The lowest BCUT2D eigenvalue weighted by molar-refractivity contribution is 0.0904. The van der Waals surface area contributed by atoms with E-state index >= 15 is 0 Å². The van der Waals surface area contributed by atoms with Crippen molar-refractivity contribution in [3.8, 4) is 0 Å². The van der Waals surface area contributed by atoms with Gasteiger partial charge in [0, 0.05) is 25.4 Å². The zero-order valence-corrected chi connectivity index (χ0v) is 13.3. The zero-order chi connectivity index (χ0) is 15.8. The molecule has 116 valence electrons. The van der Waals surface area contributed by atoms with Crippen molar-refractivity contribution in [1.82, 2.24) is 15.3 Å². The molecule has 5 nitrogen and oxygen atoms in total. The van der Waals surface area contributed by atoms with Crippen molar-refractivity contribution >= 4 is 11.7 Å². The Morgan fingerprint density at radius 1 is 1.05 bits per heavy atom. The molecule has 21 heavy (non-hydrogen) atoms. The van der Waals surface area contributed by atoms with Gasteiger partial charge >= 0.3 is 0 Å². The highest BCUT2D eigenvalue weighted by molar-refractivity contribution is 6.04. The van der Waals surface area contributed by atoms with Gasteiger partial charge < -0.3 is 5.32 Å². The normalized spacial score (nSPS) is 21.0. The average Bonchev–Trinajstić information content (AvgIpc) is 2.51.